The maximum absolute atomic E-state index is 13.0. The third-order valence-corrected chi connectivity index (χ3v) is 4.09. The molecule has 3 rings (SSSR count). The Bertz CT molecular complexity index is 772. The highest BCUT2D eigenvalue weighted by atomic mass is 16.2. The van der Waals surface area contributed by atoms with Crippen LogP contribution in [0.15, 0.2) is 48.7 Å². The number of nitrogens with zero attached hydrogens (tertiary/aromatic N) is 2. The van der Waals surface area contributed by atoms with E-state index < -0.39 is 0 Å². The van der Waals surface area contributed by atoms with E-state index in [2.05, 4.69) is 15.6 Å². The van der Waals surface area contributed by atoms with E-state index in [4.69, 9.17) is 0 Å². The quantitative estimate of drug-likeness (QED) is 0.836. The third kappa shape index (κ3) is 4.81. The first kappa shape index (κ1) is 17.9. The summed E-state index contributed by atoms with van der Waals surface area (Å²) in [5.41, 5.74) is 2.04. The summed E-state index contributed by atoms with van der Waals surface area (Å²) in [4.78, 5) is 31.1. The van der Waals surface area contributed by atoms with Gasteiger partial charge in [0, 0.05) is 29.5 Å². The minimum atomic E-state index is -0.280. The normalized spacial score (nSPS) is 13.3. The minimum Gasteiger partial charge on any atom is -0.336 e. The zero-order valence-electron chi connectivity index (χ0n) is 15.1. The molecule has 0 spiro atoms. The van der Waals surface area contributed by atoms with Gasteiger partial charge in [0.05, 0.1) is 12.2 Å². The number of anilines is 1. The van der Waals surface area contributed by atoms with Crippen molar-refractivity contribution in [1.29, 1.82) is 0 Å². The van der Waals surface area contributed by atoms with Gasteiger partial charge in [0.1, 0.15) is 0 Å². The van der Waals surface area contributed by atoms with Crippen molar-refractivity contribution in [2.24, 2.45) is 0 Å². The number of amides is 3. The van der Waals surface area contributed by atoms with E-state index in [0.717, 1.165) is 18.5 Å². The summed E-state index contributed by atoms with van der Waals surface area (Å²) < 4.78 is 0. The predicted octanol–water partition coefficient (Wildman–Crippen LogP) is 3.42. The zero-order chi connectivity index (χ0) is 18.5. The highest BCUT2D eigenvalue weighted by Crippen LogP contribution is 2.30. The molecule has 6 nitrogen and oxygen atoms in total. The number of aromatic nitrogens is 1. The van der Waals surface area contributed by atoms with Crippen LogP contribution >= 0.6 is 0 Å². The van der Waals surface area contributed by atoms with E-state index >= 15 is 0 Å². The monoisotopic (exact) mass is 352 g/mol. The maximum atomic E-state index is 13.0. The van der Waals surface area contributed by atoms with Crippen LogP contribution in [0, 0.1) is 0 Å². The lowest BCUT2D eigenvalue weighted by Crippen LogP contribution is -2.34. The van der Waals surface area contributed by atoms with Crippen LogP contribution in [0.5, 0.6) is 0 Å². The first-order chi connectivity index (χ1) is 12.5. The van der Waals surface area contributed by atoms with Crippen molar-refractivity contribution in [3.8, 4) is 0 Å². The highest BCUT2D eigenvalue weighted by Gasteiger charge is 2.33. The molecule has 1 saturated carbocycles. The number of pyridine rings is 1. The fourth-order valence-corrected chi connectivity index (χ4v) is 2.74. The number of urea groups is 1. The van der Waals surface area contributed by atoms with Crippen LogP contribution in [-0.2, 0) is 6.54 Å². The number of carbonyl (C=O) groups excluding carboxylic acids is 2. The maximum Gasteiger partial charge on any atom is 0.319 e. The second-order valence-electron chi connectivity index (χ2n) is 6.82. The largest absolute Gasteiger partial charge is 0.336 e. The molecule has 3 amide bonds. The van der Waals surface area contributed by atoms with E-state index in [1.165, 1.54) is 0 Å². The average Bonchev–Trinajstić information content (AvgIpc) is 3.44. The minimum absolute atomic E-state index is 0.0360. The summed E-state index contributed by atoms with van der Waals surface area (Å²) in [6.45, 7) is 4.28. The molecule has 2 N–H and O–H groups in total. The highest BCUT2D eigenvalue weighted by molar-refractivity contribution is 5.97. The molecule has 0 atom stereocenters. The van der Waals surface area contributed by atoms with E-state index in [0.29, 0.717) is 17.8 Å². The molecule has 0 saturated heterocycles. The van der Waals surface area contributed by atoms with Crippen molar-refractivity contribution in [3.05, 3.63) is 59.9 Å². The molecule has 0 radical (unpaired) electrons. The van der Waals surface area contributed by atoms with Crippen LogP contribution in [0.4, 0.5) is 10.5 Å². The number of hydrogen-bond donors (Lipinski definition) is 2. The van der Waals surface area contributed by atoms with Gasteiger partial charge in [-0.1, -0.05) is 12.1 Å². The fourth-order valence-electron chi connectivity index (χ4n) is 2.74. The van der Waals surface area contributed by atoms with Crippen LogP contribution in [0.2, 0.25) is 0 Å². The summed E-state index contributed by atoms with van der Waals surface area (Å²) >= 11 is 0. The molecule has 1 aliphatic carbocycles. The van der Waals surface area contributed by atoms with Gasteiger partial charge in [0.25, 0.3) is 5.91 Å². The lowest BCUT2D eigenvalue weighted by Gasteiger charge is -2.22. The molecule has 1 heterocycles. The number of carbonyl (C=O) groups is 2. The molecular weight excluding hydrogens is 328 g/mol. The molecule has 26 heavy (non-hydrogen) atoms. The second-order valence-corrected chi connectivity index (χ2v) is 6.82. The molecule has 2 aromatic rings. The van der Waals surface area contributed by atoms with Gasteiger partial charge in [0.15, 0.2) is 0 Å². The topological polar surface area (TPSA) is 74.3 Å². The first-order valence-corrected chi connectivity index (χ1v) is 8.91. The van der Waals surface area contributed by atoms with Crippen molar-refractivity contribution < 1.29 is 9.59 Å². The molecule has 1 aromatic carbocycles. The Morgan fingerprint density at radius 2 is 2.00 bits per heavy atom. The van der Waals surface area contributed by atoms with Crippen LogP contribution in [0.1, 0.15) is 42.7 Å². The van der Waals surface area contributed by atoms with Crippen LogP contribution in [0.25, 0.3) is 0 Å². The smallest absolute Gasteiger partial charge is 0.319 e. The van der Waals surface area contributed by atoms with Crippen molar-refractivity contribution in [2.75, 3.05) is 5.32 Å². The Labute approximate surface area is 153 Å². The van der Waals surface area contributed by atoms with Gasteiger partial charge in [-0.25, -0.2) is 4.79 Å². The number of hydrogen-bond acceptors (Lipinski definition) is 3. The molecule has 136 valence electrons. The Morgan fingerprint density at radius 1 is 1.19 bits per heavy atom. The molecular formula is C20H24N4O2. The van der Waals surface area contributed by atoms with E-state index in [-0.39, 0.29) is 24.0 Å². The fraction of sp³-hybridized carbons (Fsp3) is 0.350. The summed E-state index contributed by atoms with van der Waals surface area (Å²) in [6.07, 6.45) is 3.78. The Morgan fingerprint density at radius 3 is 2.65 bits per heavy atom. The molecule has 0 unspecified atom stereocenters. The molecule has 0 bridgehead atoms. The van der Waals surface area contributed by atoms with Crippen molar-refractivity contribution >= 4 is 17.6 Å². The van der Waals surface area contributed by atoms with Gasteiger partial charge in [-0.05, 0) is 57.0 Å². The zero-order valence-corrected chi connectivity index (χ0v) is 15.1. The Hall–Kier alpha value is -2.89. The third-order valence-electron chi connectivity index (χ3n) is 4.09. The molecule has 1 fully saturated rings. The van der Waals surface area contributed by atoms with E-state index in [1.807, 2.05) is 36.9 Å². The van der Waals surface area contributed by atoms with Crippen LogP contribution in [-0.4, -0.2) is 33.9 Å². The van der Waals surface area contributed by atoms with Gasteiger partial charge in [-0.2, -0.15) is 0 Å². The summed E-state index contributed by atoms with van der Waals surface area (Å²) in [7, 11) is 0. The van der Waals surface area contributed by atoms with E-state index in [1.54, 1.807) is 30.5 Å². The predicted molar refractivity (Wildman–Crippen MR) is 101 cm³/mol. The van der Waals surface area contributed by atoms with Gasteiger partial charge >= 0.3 is 6.03 Å². The van der Waals surface area contributed by atoms with Crippen molar-refractivity contribution in [1.82, 2.24) is 15.2 Å². The van der Waals surface area contributed by atoms with Crippen molar-refractivity contribution in [3.63, 3.8) is 0 Å². The lowest BCUT2D eigenvalue weighted by molar-refractivity contribution is 0.0727. The van der Waals surface area contributed by atoms with Crippen LogP contribution in [0.3, 0.4) is 0 Å². The molecule has 1 aromatic heterocycles. The van der Waals surface area contributed by atoms with Crippen molar-refractivity contribution in [2.45, 2.75) is 45.3 Å². The summed E-state index contributed by atoms with van der Waals surface area (Å²) in [6, 6.07) is 12.8. The standard InChI is InChI=1S/C20H24N4O2/c1-14(2)22-20(26)23-16-8-5-6-15(12-16)19(25)24(18-9-10-18)13-17-7-3-4-11-21-17/h3-8,11-12,14,18H,9-10,13H2,1-2H3,(H2,22,23,26). The average molecular weight is 352 g/mol. The second kappa shape index (κ2) is 7.99. The summed E-state index contributed by atoms with van der Waals surface area (Å²) in [5.74, 6) is -0.0360. The van der Waals surface area contributed by atoms with Gasteiger partial charge in [-0.15, -0.1) is 0 Å². The van der Waals surface area contributed by atoms with Crippen LogP contribution < -0.4 is 10.6 Å². The number of benzene rings is 1. The number of nitrogens with one attached hydrogen (secondary N) is 2. The van der Waals surface area contributed by atoms with Gasteiger partial charge in [-0.3, -0.25) is 9.78 Å². The molecule has 1 aliphatic rings. The number of rotatable bonds is 6. The molecule has 0 aliphatic heterocycles. The lowest BCUT2D eigenvalue weighted by atomic mass is 10.1. The summed E-state index contributed by atoms with van der Waals surface area (Å²) in [5, 5.41) is 5.54. The molecule has 6 heteroatoms. The Balaban J connectivity index is 1.73. The Kier molecular flexibility index (Phi) is 5.51. The van der Waals surface area contributed by atoms with Gasteiger partial charge in [0.2, 0.25) is 0 Å². The van der Waals surface area contributed by atoms with Gasteiger partial charge < -0.3 is 15.5 Å². The van der Waals surface area contributed by atoms with E-state index in [9.17, 15) is 9.59 Å². The first-order valence-electron chi connectivity index (χ1n) is 8.91. The SMILES string of the molecule is CC(C)NC(=O)Nc1cccc(C(=O)N(Cc2ccccn2)C2CC2)c1.